The van der Waals surface area contributed by atoms with Gasteiger partial charge in [0, 0.05) is 18.5 Å². The molecule has 2 rings (SSSR count). The number of halogens is 1. The zero-order valence-electron chi connectivity index (χ0n) is 9.13. The monoisotopic (exact) mass is 225 g/mol. The van der Waals surface area contributed by atoms with Crippen LogP contribution in [0.15, 0.2) is 6.07 Å². The molecule has 0 saturated heterocycles. The van der Waals surface area contributed by atoms with Crippen LogP contribution in [0.5, 0.6) is 0 Å². The lowest BCUT2D eigenvalue weighted by atomic mass is 10.3. The van der Waals surface area contributed by atoms with Gasteiger partial charge in [0.2, 0.25) is 0 Å². The largest absolute Gasteiger partial charge is 0.368 e. The van der Waals surface area contributed by atoms with E-state index in [2.05, 4.69) is 29.1 Å². The van der Waals surface area contributed by atoms with Gasteiger partial charge in [0.25, 0.3) is 0 Å². The Balaban J connectivity index is 2.11. The van der Waals surface area contributed by atoms with Crippen LogP contribution in [0.1, 0.15) is 32.5 Å². The molecule has 0 atom stereocenters. The molecule has 0 spiro atoms. The molecule has 1 aliphatic rings. The predicted octanol–water partition coefficient (Wildman–Crippen LogP) is 2.90. The van der Waals surface area contributed by atoms with Crippen LogP contribution in [0.3, 0.4) is 0 Å². The van der Waals surface area contributed by atoms with Crippen LogP contribution in [0.4, 0.5) is 5.82 Å². The molecule has 82 valence electrons. The number of hydrogen-bond donors (Lipinski definition) is 1. The zero-order chi connectivity index (χ0) is 10.8. The lowest BCUT2D eigenvalue weighted by molar-refractivity contribution is 0.766. The maximum Gasteiger partial charge on any atom is 0.134 e. The van der Waals surface area contributed by atoms with Gasteiger partial charge in [0.1, 0.15) is 16.8 Å². The lowest BCUT2D eigenvalue weighted by Gasteiger charge is -2.10. The molecular formula is C11H16ClN3. The van der Waals surface area contributed by atoms with Gasteiger partial charge in [-0.2, -0.15) is 0 Å². The number of nitrogens with one attached hydrogen (secondary N) is 1. The number of aromatic nitrogens is 2. The Morgan fingerprint density at radius 2 is 2.20 bits per heavy atom. The third kappa shape index (κ3) is 3.34. The fourth-order valence-corrected chi connectivity index (χ4v) is 1.71. The molecule has 0 aromatic carbocycles. The van der Waals surface area contributed by atoms with E-state index in [1.807, 2.05) is 0 Å². The number of anilines is 1. The molecule has 15 heavy (non-hydrogen) atoms. The van der Waals surface area contributed by atoms with Crippen molar-refractivity contribution in [3.8, 4) is 0 Å². The second-order valence-corrected chi connectivity index (χ2v) is 4.83. The molecule has 0 unspecified atom stereocenters. The average molecular weight is 226 g/mol. The van der Waals surface area contributed by atoms with Crippen LogP contribution in [0.25, 0.3) is 0 Å². The minimum atomic E-state index is 0.366. The minimum absolute atomic E-state index is 0.366. The maximum absolute atomic E-state index is 5.95. The predicted molar refractivity (Wildman–Crippen MR) is 62.2 cm³/mol. The van der Waals surface area contributed by atoms with Crippen molar-refractivity contribution >= 4 is 17.4 Å². The molecule has 1 fully saturated rings. The van der Waals surface area contributed by atoms with Crippen LogP contribution in [-0.2, 0) is 6.42 Å². The summed E-state index contributed by atoms with van der Waals surface area (Å²) in [4.78, 5) is 8.68. The Labute approximate surface area is 95.3 Å². The Bertz CT molecular complexity index is 325. The van der Waals surface area contributed by atoms with Crippen LogP contribution in [0, 0.1) is 5.92 Å². The summed E-state index contributed by atoms with van der Waals surface area (Å²) in [5, 5.41) is 3.78. The lowest BCUT2D eigenvalue weighted by Crippen LogP contribution is -2.12. The van der Waals surface area contributed by atoms with Gasteiger partial charge in [-0.3, -0.25) is 0 Å². The van der Waals surface area contributed by atoms with E-state index in [1.54, 1.807) is 6.07 Å². The molecule has 0 bridgehead atoms. The van der Waals surface area contributed by atoms with Gasteiger partial charge in [-0.25, -0.2) is 9.97 Å². The first-order valence-corrected chi connectivity index (χ1v) is 5.81. The third-order valence-corrected chi connectivity index (χ3v) is 2.54. The SMILES string of the molecule is CC(C)Nc1cc(Cl)nc(CC2CC2)n1. The molecule has 1 saturated carbocycles. The second kappa shape index (κ2) is 4.35. The molecule has 1 aromatic heterocycles. The summed E-state index contributed by atoms with van der Waals surface area (Å²) in [7, 11) is 0. The highest BCUT2D eigenvalue weighted by molar-refractivity contribution is 6.29. The van der Waals surface area contributed by atoms with E-state index in [0.29, 0.717) is 11.2 Å². The van der Waals surface area contributed by atoms with Crippen LogP contribution in [-0.4, -0.2) is 16.0 Å². The first kappa shape index (κ1) is 10.7. The molecule has 0 aliphatic heterocycles. The Hall–Kier alpha value is -0.830. The highest BCUT2D eigenvalue weighted by Gasteiger charge is 2.23. The summed E-state index contributed by atoms with van der Waals surface area (Å²) in [5.74, 6) is 2.49. The van der Waals surface area contributed by atoms with Crippen molar-refractivity contribution in [2.45, 2.75) is 39.2 Å². The second-order valence-electron chi connectivity index (χ2n) is 4.44. The number of nitrogens with zero attached hydrogens (tertiary/aromatic N) is 2. The summed E-state index contributed by atoms with van der Waals surface area (Å²) in [5.41, 5.74) is 0. The quantitative estimate of drug-likeness (QED) is 0.801. The Morgan fingerprint density at radius 1 is 1.47 bits per heavy atom. The van der Waals surface area contributed by atoms with E-state index >= 15 is 0 Å². The summed E-state index contributed by atoms with van der Waals surface area (Å²) in [6, 6.07) is 2.14. The first-order valence-electron chi connectivity index (χ1n) is 5.43. The van der Waals surface area contributed by atoms with Crippen molar-refractivity contribution < 1.29 is 0 Å². The Morgan fingerprint density at radius 3 is 2.80 bits per heavy atom. The summed E-state index contributed by atoms with van der Waals surface area (Å²) < 4.78 is 0. The van der Waals surface area contributed by atoms with Crippen molar-refractivity contribution in [2.75, 3.05) is 5.32 Å². The number of hydrogen-bond acceptors (Lipinski definition) is 3. The van der Waals surface area contributed by atoms with E-state index in [-0.39, 0.29) is 0 Å². The topological polar surface area (TPSA) is 37.8 Å². The third-order valence-electron chi connectivity index (χ3n) is 2.35. The summed E-state index contributed by atoms with van der Waals surface area (Å²) in [6.45, 7) is 4.16. The molecule has 0 radical (unpaired) electrons. The fourth-order valence-electron chi connectivity index (χ4n) is 1.51. The first-order chi connectivity index (χ1) is 7.13. The summed E-state index contributed by atoms with van der Waals surface area (Å²) >= 11 is 5.95. The molecule has 1 N–H and O–H groups in total. The van der Waals surface area contributed by atoms with Crippen molar-refractivity contribution in [1.29, 1.82) is 0 Å². The van der Waals surface area contributed by atoms with Gasteiger partial charge in [-0.05, 0) is 32.6 Å². The van der Waals surface area contributed by atoms with Gasteiger partial charge >= 0.3 is 0 Å². The molecule has 4 heteroatoms. The average Bonchev–Trinajstić information content (AvgIpc) is 2.85. The standard InChI is InChI=1S/C11H16ClN3/c1-7(2)13-11-6-9(12)14-10(15-11)5-8-3-4-8/h6-8H,3-5H2,1-2H3,(H,13,14,15). The van der Waals surface area contributed by atoms with Crippen molar-refractivity contribution in [2.24, 2.45) is 5.92 Å². The minimum Gasteiger partial charge on any atom is -0.368 e. The summed E-state index contributed by atoms with van der Waals surface area (Å²) in [6.07, 6.45) is 3.58. The molecule has 0 amide bonds. The number of rotatable bonds is 4. The van der Waals surface area contributed by atoms with Gasteiger partial charge in [-0.1, -0.05) is 11.6 Å². The molecular weight excluding hydrogens is 210 g/mol. The van der Waals surface area contributed by atoms with E-state index < -0.39 is 0 Å². The zero-order valence-corrected chi connectivity index (χ0v) is 9.88. The van der Waals surface area contributed by atoms with E-state index in [4.69, 9.17) is 11.6 Å². The van der Waals surface area contributed by atoms with Crippen molar-refractivity contribution in [3.63, 3.8) is 0 Å². The van der Waals surface area contributed by atoms with Crippen molar-refractivity contribution in [3.05, 3.63) is 17.0 Å². The van der Waals surface area contributed by atoms with Gasteiger partial charge in [0.15, 0.2) is 0 Å². The van der Waals surface area contributed by atoms with Gasteiger partial charge in [-0.15, -0.1) is 0 Å². The van der Waals surface area contributed by atoms with Crippen molar-refractivity contribution in [1.82, 2.24) is 9.97 Å². The van der Waals surface area contributed by atoms with E-state index in [0.717, 1.165) is 24.0 Å². The molecule has 3 nitrogen and oxygen atoms in total. The molecule has 1 aliphatic carbocycles. The van der Waals surface area contributed by atoms with Crippen LogP contribution >= 0.6 is 11.6 Å². The normalized spacial score (nSPS) is 15.7. The van der Waals surface area contributed by atoms with E-state index in [1.165, 1.54) is 12.8 Å². The van der Waals surface area contributed by atoms with Crippen LogP contribution < -0.4 is 5.32 Å². The fraction of sp³-hybridized carbons (Fsp3) is 0.636. The maximum atomic E-state index is 5.95. The van der Waals surface area contributed by atoms with Gasteiger partial charge in [0.05, 0.1) is 0 Å². The van der Waals surface area contributed by atoms with Crippen LogP contribution in [0.2, 0.25) is 5.15 Å². The Kier molecular flexibility index (Phi) is 3.10. The highest BCUT2D eigenvalue weighted by Crippen LogP contribution is 2.32. The highest BCUT2D eigenvalue weighted by atomic mass is 35.5. The van der Waals surface area contributed by atoms with Gasteiger partial charge < -0.3 is 5.32 Å². The van der Waals surface area contributed by atoms with E-state index in [9.17, 15) is 0 Å². The smallest absolute Gasteiger partial charge is 0.134 e. The molecule has 1 aromatic rings. The molecule has 1 heterocycles.